The molecule has 0 atom stereocenters. The number of alkyl halides is 5. The molecule has 0 aliphatic carbocycles. The van der Waals surface area contributed by atoms with Crippen LogP contribution in [0.5, 0.6) is 5.75 Å². The molecule has 21 heavy (non-hydrogen) atoms. The number of ether oxygens (including phenoxy) is 1. The van der Waals surface area contributed by atoms with Crippen molar-refractivity contribution in [2.24, 2.45) is 0 Å². The molecule has 0 heterocycles. The zero-order valence-electron chi connectivity index (χ0n) is 10.5. The number of nitrogen functional groups attached to an aromatic ring is 1. The molecule has 0 aromatic heterocycles. The van der Waals surface area contributed by atoms with E-state index in [1.165, 1.54) is 30.3 Å². The van der Waals surface area contributed by atoms with Gasteiger partial charge in [0, 0.05) is 0 Å². The molecule has 7 heteroatoms. The highest BCUT2D eigenvalue weighted by atomic mass is 19.4. The SMILES string of the molecule is Nc1ccc(-c2cccc(C(F)(F)F)c2)cc1OC(F)F. The van der Waals surface area contributed by atoms with Gasteiger partial charge >= 0.3 is 12.8 Å². The van der Waals surface area contributed by atoms with Gasteiger partial charge < -0.3 is 10.5 Å². The number of rotatable bonds is 3. The summed E-state index contributed by atoms with van der Waals surface area (Å²) in [6, 6.07) is 8.44. The Balaban J connectivity index is 2.43. The molecule has 0 saturated carbocycles. The summed E-state index contributed by atoms with van der Waals surface area (Å²) in [5.74, 6) is -0.278. The largest absolute Gasteiger partial charge is 0.433 e. The second-order valence-electron chi connectivity index (χ2n) is 4.21. The Morgan fingerprint density at radius 3 is 2.24 bits per heavy atom. The van der Waals surface area contributed by atoms with Crippen LogP contribution in [0, 0.1) is 0 Å². The Morgan fingerprint density at radius 2 is 1.62 bits per heavy atom. The minimum atomic E-state index is -4.48. The zero-order chi connectivity index (χ0) is 15.6. The van der Waals surface area contributed by atoms with E-state index < -0.39 is 18.4 Å². The van der Waals surface area contributed by atoms with Crippen LogP contribution in [0.4, 0.5) is 27.6 Å². The van der Waals surface area contributed by atoms with Crippen molar-refractivity contribution in [3.05, 3.63) is 48.0 Å². The highest BCUT2D eigenvalue weighted by Gasteiger charge is 2.30. The fourth-order valence-corrected chi connectivity index (χ4v) is 1.79. The normalized spacial score (nSPS) is 11.7. The topological polar surface area (TPSA) is 35.2 Å². The Labute approximate surface area is 116 Å². The van der Waals surface area contributed by atoms with E-state index in [0.29, 0.717) is 5.56 Å². The maximum atomic E-state index is 12.7. The van der Waals surface area contributed by atoms with Crippen molar-refractivity contribution in [2.75, 3.05) is 5.73 Å². The second-order valence-corrected chi connectivity index (χ2v) is 4.21. The molecular formula is C14H10F5NO. The molecule has 2 rings (SSSR count). The van der Waals surface area contributed by atoms with Crippen molar-refractivity contribution in [1.82, 2.24) is 0 Å². The number of nitrogens with two attached hydrogens (primary N) is 1. The van der Waals surface area contributed by atoms with Gasteiger partial charge in [0.1, 0.15) is 5.75 Å². The Morgan fingerprint density at radius 1 is 0.952 bits per heavy atom. The molecule has 112 valence electrons. The van der Waals surface area contributed by atoms with E-state index in [0.717, 1.165) is 12.1 Å². The van der Waals surface area contributed by atoms with Crippen LogP contribution < -0.4 is 10.5 Å². The van der Waals surface area contributed by atoms with Crippen LogP contribution >= 0.6 is 0 Å². The van der Waals surface area contributed by atoms with Gasteiger partial charge in [0.25, 0.3) is 0 Å². The summed E-state index contributed by atoms with van der Waals surface area (Å²) in [7, 11) is 0. The molecule has 0 unspecified atom stereocenters. The third-order valence-electron chi connectivity index (χ3n) is 2.75. The van der Waals surface area contributed by atoms with E-state index in [1.54, 1.807) is 0 Å². The standard InChI is InChI=1S/C14H10F5NO/c15-13(16)21-12-7-9(4-5-11(12)20)8-2-1-3-10(6-8)14(17,18)19/h1-7,13H,20H2. The quantitative estimate of drug-likeness (QED) is 0.666. The second kappa shape index (κ2) is 5.59. The first-order valence-electron chi connectivity index (χ1n) is 5.79. The molecule has 0 bridgehead atoms. The molecule has 0 saturated heterocycles. The van der Waals surface area contributed by atoms with E-state index in [1.807, 2.05) is 0 Å². The van der Waals surface area contributed by atoms with Crippen molar-refractivity contribution < 1.29 is 26.7 Å². The maximum Gasteiger partial charge on any atom is 0.416 e. The summed E-state index contributed by atoms with van der Waals surface area (Å²) in [6.07, 6.45) is -4.48. The number of benzene rings is 2. The molecule has 2 aromatic rings. The summed E-state index contributed by atoms with van der Waals surface area (Å²) in [5, 5.41) is 0. The first kappa shape index (κ1) is 15.1. The first-order valence-corrected chi connectivity index (χ1v) is 5.79. The molecule has 0 fully saturated rings. The van der Waals surface area contributed by atoms with Crippen molar-refractivity contribution in [3.63, 3.8) is 0 Å². The summed E-state index contributed by atoms with van der Waals surface area (Å²) in [4.78, 5) is 0. The number of anilines is 1. The van der Waals surface area contributed by atoms with E-state index in [4.69, 9.17) is 5.73 Å². The Kier molecular flexibility index (Phi) is 4.02. The van der Waals surface area contributed by atoms with Gasteiger partial charge in [-0.15, -0.1) is 0 Å². The van der Waals surface area contributed by atoms with Crippen LogP contribution in [0.1, 0.15) is 5.56 Å². The van der Waals surface area contributed by atoms with Crippen LogP contribution in [0.3, 0.4) is 0 Å². The molecule has 2 N–H and O–H groups in total. The minimum Gasteiger partial charge on any atom is -0.433 e. The van der Waals surface area contributed by atoms with Crippen molar-refractivity contribution in [3.8, 4) is 16.9 Å². The fourth-order valence-electron chi connectivity index (χ4n) is 1.79. The van der Waals surface area contributed by atoms with E-state index in [2.05, 4.69) is 4.74 Å². The lowest BCUT2D eigenvalue weighted by Crippen LogP contribution is -2.05. The predicted molar refractivity (Wildman–Crippen MR) is 67.9 cm³/mol. The molecule has 0 amide bonds. The Hall–Kier alpha value is -2.31. The van der Waals surface area contributed by atoms with Crippen molar-refractivity contribution in [2.45, 2.75) is 12.8 Å². The van der Waals surface area contributed by atoms with Gasteiger partial charge in [-0.3, -0.25) is 0 Å². The molecule has 0 radical (unpaired) electrons. The molecule has 0 spiro atoms. The van der Waals surface area contributed by atoms with Crippen LogP contribution in [0.25, 0.3) is 11.1 Å². The average molecular weight is 303 g/mol. The third-order valence-corrected chi connectivity index (χ3v) is 2.75. The van der Waals surface area contributed by atoms with Crippen LogP contribution in [0.15, 0.2) is 42.5 Å². The maximum absolute atomic E-state index is 12.7. The monoisotopic (exact) mass is 303 g/mol. The summed E-state index contributed by atoms with van der Waals surface area (Å²) in [5.41, 5.74) is 5.15. The molecule has 0 aliphatic rings. The van der Waals surface area contributed by atoms with Gasteiger partial charge in [-0.05, 0) is 35.4 Å². The molecule has 0 aliphatic heterocycles. The molecule has 2 aromatic carbocycles. The smallest absolute Gasteiger partial charge is 0.416 e. The summed E-state index contributed by atoms with van der Waals surface area (Å²) >= 11 is 0. The lowest BCUT2D eigenvalue weighted by Gasteiger charge is -2.12. The van der Waals surface area contributed by atoms with E-state index in [-0.39, 0.29) is 17.0 Å². The third kappa shape index (κ3) is 3.62. The highest BCUT2D eigenvalue weighted by molar-refractivity contribution is 5.70. The van der Waals surface area contributed by atoms with Gasteiger partial charge in [0.05, 0.1) is 11.3 Å². The van der Waals surface area contributed by atoms with E-state index in [9.17, 15) is 22.0 Å². The van der Waals surface area contributed by atoms with Crippen LogP contribution in [-0.2, 0) is 6.18 Å². The Bertz CT molecular complexity index is 640. The van der Waals surface area contributed by atoms with Crippen molar-refractivity contribution >= 4 is 5.69 Å². The highest BCUT2D eigenvalue weighted by Crippen LogP contribution is 2.34. The average Bonchev–Trinajstić information content (AvgIpc) is 2.40. The molecule has 2 nitrogen and oxygen atoms in total. The first-order chi connectivity index (χ1) is 9.77. The van der Waals surface area contributed by atoms with E-state index >= 15 is 0 Å². The fraction of sp³-hybridized carbons (Fsp3) is 0.143. The van der Waals surface area contributed by atoms with Gasteiger partial charge in [-0.2, -0.15) is 22.0 Å². The van der Waals surface area contributed by atoms with Gasteiger partial charge in [-0.1, -0.05) is 18.2 Å². The van der Waals surface area contributed by atoms with Gasteiger partial charge in [0.15, 0.2) is 0 Å². The van der Waals surface area contributed by atoms with Crippen LogP contribution in [-0.4, -0.2) is 6.61 Å². The molecular weight excluding hydrogens is 293 g/mol. The zero-order valence-corrected chi connectivity index (χ0v) is 10.5. The van der Waals surface area contributed by atoms with Crippen LogP contribution in [0.2, 0.25) is 0 Å². The lowest BCUT2D eigenvalue weighted by molar-refractivity contribution is -0.137. The number of halogens is 5. The van der Waals surface area contributed by atoms with Crippen molar-refractivity contribution in [1.29, 1.82) is 0 Å². The minimum absolute atomic E-state index is 0.0222. The number of hydrogen-bond acceptors (Lipinski definition) is 2. The van der Waals surface area contributed by atoms with Gasteiger partial charge in [0.2, 0.25) is 0 Å². The summed E-state index contributed by atoms with van der Waals surface area (Å²) in [6.45, 7) is -3.07. The predicted octanol–water partition coefficient (Wildman–Crippen LogP) is 4.56. The lowest BCUT2D eigenvalue weighted by atomic mass is 10.0. The summed E-state index contributed by atoms with van der Waals surface area (Å²) < 4.78 is 66.6. The number of hydrogen-bond donors (Lipinski definition) is 1. The van der Waals surface area contributed by atoms with Gasteiger partial charge in [-0.25, -0.2) is 0 Å².